The molecule has 147 valence electrons. The van der Waals surface area contributed by atoms with Crippen LogP contribution >= 0.6 is 11.6 Å². The van der Waals surface area contributed by atoms with E-state index < -0.39 is 0 Å². The third-order valence-electron chi connectivity index (χ3n) is 5.65. The molecule has 2 N–H and O–H groups in total. The summed E-state index contributed by atoms with van der Waals surface area (Å²) in [6, 6.07) is 6.04. The Morgan fingerprint density at radius 2 is 1.78 bits per heavy atom. The first-order valence-corrected chi connectivity index (χ1v) is 9.97. The normalized spacial score (nSPS) is 19.3. The first kappa shape index (κ1) is 20.0. The van der Waals surface area contributed by atoms with Crippen LogP contribution in [0, 0.1) is 13.3 Å². The quantitative estimate of drug-likeness (QED) is 0.854. The number of piperazine rings is 1. The summed E-state index contributed by atoms with van der Waals surface area (Å²) in [6.45, 7) is 6.67. The van der Waals surface area contributed by atoms with E-state index in [-0.39, 0.29) is 11.9 Å². The Morgan fingerprint density at radius 1 is 1.11 bits per heavy atom. The highest BCUT2D eigenvalue weighted by molar-refractivity contribution is 6.31. The Kier molecular flexibility index (Phi) is 6.60. The molecule has 2 saturated heterocycles. The molecular formula is C20H28ClN4O2. The Hall–Kier alpha value is -1.79. The summed E-state index contributed by atoms with van der Waals surface area (Å²) in [4.78, 5) is 29.8. The van der Waals surface area contributed by atoms with Crippen molar-refractivity contribution in [2.75, 3.05) is 39.3 Å². The molecule has 0 aliphatic carbocycles. The highest BCUT2D eigenvalue weighted by Gasteiger charge is 2.29. The van der Waals surface area contributed by atoms with E-state index in [1.54, 1.807) is 11.3 Å². The second kappa shape index (κ2) is 8.93. The van der Waals surface area contributed by atoms with Gasteiger partial charge in [-0.15, -0.1) is 0 Å². The summed E-state index contributed by atoms with van der Waals surface area (Å²) in [6.07, 6.45) is 4.37. The van der Waals surface area contributed by atoms with Crippen molar-refractivity contribution in [3.63, 3.8) is 0 Å². The highest BCUT2D eigenvalue weighted by atomic mass is 35.5. The van der Waals surface area contributed by atoms with Gasteiger partial charge in [0.15, 0.2) is 0 Å². The van der Waals surface area contributed by atoms with Crippen molar-refractivity contribution in [2.45, 2.75) is 32.2 Å². The lowest BCUT2D eigenvalue weighted by Crippen LogP contribution is -2.55. The van der Waals surface area contributed by atoms with Crippen LogP contribution in [-0.4, -0.2) is 71.9 Å². The number of carbonyl (C=O) groups excluding carboxylic acids is 2. The second-order valence-corrected chi connectivity index (χ2v) is 7.82. The van der Waals surface area contributed by atoms with Crippen molar-refractivity contribution >= 4 is 23.5 Å². The first-order chi connectivity index (χ1) is 12.9. The average molecular weight is 392 g/mol. The molecule has 1 aromatic rings. The smallest absolute Gasteiger partial charge is 0.314 e. The summed E-state index contributed by atoms with van der Waals surface area (Å²) in [7, 11) is 0. The second-order valence-electron chi connectivity index (χ2n) is 7.41. The molecule has 27 heavy (non-hydrogen) atoms. The molecule has 2 heterocycles. The predicted molar refractivity (Wildman–Crippen MR) is 107 cm³/mol. The number of rotatable bonds is 4. The number of urea groups is 1. The van der Waals surface area contributed by atoms with Gasteiger partial charge in [0.1, 0.15) is 0 Å². The fraction of sp³-hybridized carbons (Fsp3) is 0.550. The van der Waals surface area contributed by atoms with E-state index in [1.807, 2.05) is 30.0 Å². The minimum atomic E-state index is -0.332. The van der Waals surface area contributed by atoms with Gasteiger partial charge in [-0.2, -0.15) is 0 Å². The van der Waals surface area contributed by atoms with Crippen LogP contribution in [0.5, 0.6) is 0 Å². The molecule has 1 aromatic carbocycles. The van der Waals surface area contributed by atoms with Crippen molar-refractivity contribution in [1.82, 2.24) is 14.7 Å². The van der Waals surface area contributed by atoms with Crippen LogP contribution in [0.3, 0.4) is 0 Å². The fourth-order valence-electron chi connectivity index (χ4n) is 3.93. The van der Waals surface area contributed by atoms with Crippen LogP contribution in [-0.2, 0) is 11.2 Å². The number of likely N-dealkylation sites (tertiary alicyclic amines) is 1. The lowest BCUT2D eigenvalue weighted by Gasteiger charge is -2.42. The molecule has 2 fully saturated rings. The molecule has 0 bridgehead atoms. The molecule has 1 radical (unpaired) electrons. The number of hydrogen-bond acceptors (Lipinski definition) is 3. The molecule has 3 amide bonds. The molecule has 6 nitrogen and oxygen atoms in total. The zero-order valence-corrected chi connectivity index (χ0v) is 16.6. The van der Waals surface area contributed by atoms with Crippen molar-refractivity contribution in [3.05, 3.63) is 40.8 Å². The number of primary amides is 1. The molecule has 2 aliphatic rings. The number of hydrogen-bond donors (Lipinski definition) is 1. The largest absolute Gasteiger partial charge is 0.351 e. The molecular weight excluding hydrogens is 364 g/mol. The third-order valence-corrected chi connectivity index (χ3v) is 6.08. The number of nitrogens with two attached hydrogens (primary N) is 1. The predicted octanol–water partition coefficient (Wildman–Crippen LogP) is 2.08. The highest BCUT2D eigenvalue weighted by Crippen LogP contribution is 2.20. The monoisotopic (exact) mass is 391 g/mol. The number of piperidine rings is 1. The maximum atomic E-state index is 12.5. The van der Waals surface area contributed by atoms with Crippen molar-refractivity contribution in [3.8, 4) is 0 Å². The SMILES string of the molecule is Cc1cc(C[CH]C(=O)N2CCC(N3CCN(C(N)=O)CC3)CC2)ccc1Cl. The van der Waals surface area contributed by atoms with E-state index in [0.717, 1.165) is 55.2 Å². The Morgan fingerprint density at radius 3 is 2.37 bits per heavy atom. The summed E-state index contributed by atoms with van der Waals surface area (Å²) in [5, 5.41) is 0.754. The molecule has 0 spiro atoms. The van der Waals surface area contributed by atoms with Gasteiger partial charge < -0.3 is 15.5 Å². The van der Waals surface area contributed by atoms with E-state index in [9.17, 15) is 9.59 Å². The van der Waals surface area contributed by atoms with Crippen LogP contribution in [0.2, 0.25) is 5.02 Å². The Bertz CT molecular complexity index is 681. The Balaban J connectivity index is 1.41. The molecule has 0 aromatic heterocycles. The minimum Gasteiger partial charge on any atom is -0.351 e. The standard InChI is InChI=1S/C20H28ClN4O2/c1-15-14-16(2-4-18(15)21)3-5-19(26)24-8-6-17(7-9-24)23-10-12-25(13-11-23)20(22)27/h2,4-5,14,17H,3,6-13H2,1H3,(H2,22,27). The molecule has 0 atom stereocenters. The Labute approximate surface area is 166 Å². The average Bonchev–Trinajstić information content (AvgIpc) is 2.69. The van der Waals surface area contributed by atoms with Crippen LogP contribution in [0.4, 0.5) is 4.79 Å². The molecule has 0 unspecified atom stereocenters. The van der Waals surface area contributed by atoms with E-state index in [2.05, 4.69) is 4.90 Å². The lowest BCUT2D eigenvalue weighted by atomic mass is 10.0. The van der Waals surface area contributed by atoms with Gasteiger partial charge in [-0.25, -0.2) is 4.79 Å². The summed E-state index contributed by atoms with van der Waals surface area (Å²) in [5.74, 6) is 0.111. The maximum absolute atomic E-state index is 12.5. The lowest BCUT2D eigenvalue weighted by molar-refractivity contribution is -0.129. The van der Waals surface area contributed by atoms with Gasteiger partial charge >= 0.3 is 6.03 Å². The van der Waals surface area contributed by atoms with Gasteiger partial charge in [0.05, 0.1) is 6.42 Å². The first-order valence-electron chi connectivity index (χ1n) is 9.59. The maximum Gasteiger partial charge on any atom is 0.314 e. The minimum absolute atomic E-state index is 0.111. The van der Waals surface area contributed by atoms with Crippen LogP contribution in [0.25, 0.3) is 0 Å². The summed E-state index contributed by atoms with van der Waals surface area (Å²) in [5.41, 5.74) is 7.48. The van der Waals surface area contributed by atoms with Crippen LogP contribution in [0.15, 0.2) is 18.2 Å². The van der Waals surface area contributed by atoms with E-state index >= 15 is 0 Å². The number of benzene rings is 1. The van der Waals surface area contributed by atoms with Gasteiger partial charge in [-0.3, -0.25) is 9.69 Å². The number of nitrogens with zero attached hydrogens (tertiary/aromatic N) is 3. The van der Waals surface area contributed by atoms with Crippen LogP contribution in [0.1, 0.15) is 24.0 Å². The third kappa shape index (κ3) is 5.14. The van der Waals surface area contributed by atoms with Crippen molar-refractivity contribution < 1.29 is 9.59 Å². The van der Waals surface area contributed by atoms with Gasteiger partial charge in [-0.05, 0) is 43.4 Å². The number of aryl methyl sites for hydroxylation is 1. The van der Waals surface area contributed by atoms with E-state index in [4.69, 9.17) is 17.3 Å². The van der Waals surface area contributed by atoms with E-state index in [0.29, 0.717) is 25.6 Å². The molecule has 3 rings (SSSR count). The number of carbonyl (C=O) groups is 2. The van der Waals surface area contributed by atoms with Gasteiger partial charge in [0.25, 0.3) is 0 Å². The topological polar surface area (TPSA) is 69.9 Å². The summed E-state index contributed by atoms with van der Waals surface area (Å²) >= 11 is 6.05. The van der Waals surface area contributed by atoms with Gasteiger partial charge in [-0.1, -0.05) is 23.7 Å². The zero-order valence-electron chi connectivity index (χ0n) is 15.9. The molecule has 7 heteroatoms. The van der Waals surface area contributed by atoms with Crippen LogP contribution < -0.4 is 5.73 Å². The van der Waals surface area contributed by atoms with E-state index in [1.165, 1.54) is 0 Å². The van der Waals surface area contributed by atoms with Crippen molar-refractivity contribution in [1.29, 1.82) is 0 Å². The fourth-order valence-corrected chi connectivity index (χ4v) is 4.04. The van der Waals surface area contributed by atoms with Gasteiger partial charge in [0.2, 0.25) is 5.91 Å². The molecule has 2 aliphatic heterocycles. The van der Waals surface area contributed by atoms with Gasteiger partial charge in [0, 0.05) is 50.3 Å². The molecule has 0 saturated carbocycles. The number of amides is 3. The zero-order chi connectivity index (χ0) is 19.4. The van der Waals surface area contributed by atoms with Crippen molar-refractivity contribution in [2.24, 2.45) is 5.73 Å². The summed E-state index contributed by atoms with van der Waals surface area (Å²) < 4.78 is 0. The number of halogens is 1.